The molecule has 104 valence electrons. The zero-order chi connectivity index (χ0) is 14.8. The van der Waals surface area contributed by atoms with Crippen LogP contribution in [0.4, 0.5) is 0 Å². The van der Waals surface area contributed by atoms with Crippen LogP contribution in [0.15, 0.2) is 91.5 Å². The fourth-order valence-corrected chi connectivity index (χ4v) is 2.76. The van der Waals surface area contributed by atoms with E-state index in [0.29, 0.717) is 0 Å². The van der Waals surface area contributed by atoms with E-state index < -0.39 is 0 Å². The Bertz CT molecular complexity index is 908. The molecule has 0 spiro atoms. The lowest BCUT2D eigenvalue weighted by atomic mass is 10.1. The van der Waals surface area contributed by atoms with E-state index in [1.807, 2.05) is 24.5 Å². The molecule has 2 aromatic heterocycles. The predicted octanol–water partition coefficient (Wildman–Crippen LogP) is 4.18. The van der Waals surface area contributed by atoms with Crippen LogP contribution in [0.3, 0.4) is 0 Å². The zero-order valence-electron chi connectivity index (χ0n) is 12.1. The Morgan fingerprint density at radius 3 is 2.14 bits per heavy atom. The molecule has 4 rings (SSSR count). The van der Waals surface area contributed by atoms with Crippen molar-refractivity contribution < 1.29 is 4.57 Å². The molecular weight excluding hydrogens is 268 g/mol. The van der Waals surface area contributed by atoms with Crippen molar-refractivity contribution in [1.82, 2.24) is 4.98 Å². The van der Waals surface area contributed by atoms with E-state index in [1.54, 1.807) is 0 Å². The Hall–Kier alpha value is -3.00. The molecule has 2 heterocycles. The lowest BCUT2D eigenvalue weighted by Gasteiger charge is -2.03. The van der Waals surface area contributed by atoms with E-state index in [9.17, 15) is 0 Å². The number of fused-ring (bicyclic) bond motifs is 1. The Labute approximate surface area is 129 Å². The first-order valence-electron chi connectivity index (χ1n) is 7.32. The van der Waals surface area contributed by atoms with E-state index in [1.165, 1.54) is 27.6 Å². The van der Waals surface area contributed by atoms with E-state index in [0.717, 1.165) is 0 Å². The highest BCUT2D eigenvalue weighted by Gasteiger charge is 2.10. The van der Waals surface area contributed by atoms with Gasteiger partial charge in [-0.2, -0.15) is 4.57 Å². The van der Waals surface area contributed by atoms with Gasteiger partial charge in [-0.1, -0.05) is 30.3 Å². The number of hydrogen-bond acceptors (Lipinski definition) is 1. The maximum atomic E-state index is 4.06. The first-order chi connectivity index (χ1) is 10.9. The highest BCUT2D eigenvalue weighted by molar-refractivity contribution is 5.88. The molecule has 2 heteroatoms. The lowest BCUT2D eigenvalue weighted by molar-refractivity contribution is -0.594. The van der Waals surface area contributed by atoms with Crippen LogP contribution in [0.25, 0.3) is 27.6 Å². The molecule has 0 fully saturated rings. The van der Waals surface area contributed by atoms with Crippen LogP contribution in [0.5, 0.6) is 0 Å². The molecule has 22 heavy (non-hydrogen) atoms. The van der Waals surface area contributed by atoms with Gasteiger partial charge in [0.25, 0.3) is 0 Å². The summed E-state index contributed by atoms with van der Waals surface area (Å²) in [5, 5.41) is 2.51. The third-order valence-corrected chi connectivity index (χ3v) is 3.89. The molecule has 2 nitrogen and oxygen atoms in total. The van der Waals surface area contributed by atoms with E-state index in [2.05, 4.69) is 76.5 Å². The van der Waals surface area contributed by atoms with E-state index in [4.69, 9.17) is 0 Å². The maximum Gasteiger partial charge on any atom is 0.218 e. The third-order valence-electron chi connectivity index (χ3n) is 3.89. The smallest absolute Gasteiger partial charge is 0.218 e. The van der Waals surface area contributed by atoms with Crippen molar-refractivity contribution in [2.45, 2.75) is 0 Å². The molecule has 2 aromatic carbocycles. The molecule has 0 amide bonds. The number of benzene rings is 2. The average Bonchev–Trinajstić information content (AvgIpc) is 2.62. The number of pyridine rings is 2. The number of hydrogen-bond donors (Lipinski definition) is 0. The Morgan fingerprint density at radius 1 is 0.636 bits per heavy atom. The summed E-state index contributed by atoms with van der Waals surface area (Å²) in [6.45, 7) is 0. The summed E-state index contributed by atoms with van der Waals surface area (Å²) < 4.78 is 2.16. The van der Waals surface area contributed by atoms with Crippen molar-refractivity contribution >= 4 is 10.8 Å². The Morgan fingerprint density at radius 2 is 1.32 bits per heavy atom. The SMILES string of the molecule is c1ccc2c(-[n+]3ccc(-c4ccncc4)cc3)cccc2c1. The lowest BCUT2D eigenvalue weighted by Crippen LogP contribution is -2.29. The van der Waals surface area contributed by atoms with Crippen molar-refractivity contribution in [2.24, 2.45) is 0 Å². The van der Waals surface area contributed by atoms with Gasteiger partial charge in [-0.15, -0.1) is 0 Å². The largest absolute Gasteiger partial charge is 0.265 e. The molecular formula is C20H15N2+. The molecule has 0 unspecified atom stereocenters. The first-order valence-corrected chi connectivity index (χ1v) is 7.32. The van der Waals surface area contributed by atoms with Gasteiger partial charge in [0.1, 0.15) is 0 Å². The van der Waals surface area contributed by atoms with E-state index in [-0.39, 0.29) is 0 Å². The second-order valence-electron chi connectivity index (χ2n) is 5.23. The molecule has 0 saturated heterocycles. The Balaban J connectivity index is 1.80. The van der Waals surface area contributed by atoms with Crippen molar-refractivity contribution in [3.8, 4) is 16.8 Å². The molecule has 0 atom stereocenters. The predicted molar refractivity (Wildman–Crippen MR) is 88.7 cm³/mol. The molecule has 4 aromatic rings. The normalized spacial score (nSPS) is 10.7. The second-order valence-corrected chi connectivity index (χ2v) is 5.23. The number of rotatable bonds is 2. The van der Waals surface area contributed by atoms with Gasteiger partial charge in [-0.25, -0.2) is 0 Å². The second kappa shape index (κ2) is 5.41. The quantitative estimate of drug-likeness (QED) is 0.504. The fraction of sp³-hybridized carbons (Fsp3) is 0. The van der Waals surface area contributed by atoms with Crippen LogP contribution in [0.2, 0.25) is 0 Å². The Kier molecular flexibility index (Phi) is 3.13. The van der Waals surface area contributed by atoms with Crippen molar-refractivity contribution in [3.63, 3.8) is 0 Å². The minimum atomic E-state index is 1.18. The molecule has 0 aliphatic heterocycles. The van der Waals surface area contributed by atoms with Gasteiger partial charge in [-0.3, -0.25) is 4.98 Å². The monoisotopic (exact) mass is 283 g/mol. The van der Waals surface area contributed by atoms with Crippen LogP contribution in [-0.2, 0) is 0 Å². The molecule has 0 radical (unpaired) electrons. The minimum absolute atomic E-state index is 1.18. The van der Waals surface area contributed by atoms with Gasteiger partial charge in [0.05, 0.1) is 5.39 Å². The summed E-state index contributed by atoms with van der Waals surface area (Å²) in [6.07, 6.45) is 7.86. The molecule has 0 N–H and O–H groups in total. The summed E-state index contributed by atoms with van der Waals surface area (Å²) in [7, 11) is 0. The number of aromatic nitrogens is 2. The van der Waals surface area contributed by atoms with Gasteiger partial charge in [0.2, 0.25) is 5.69 Å². The summed E-state index contributed by atoms with van der Waals surface area (Å²) >= 11 is 0. The van der Waals surface area contributed by atoms with Crippen LogP contribution in [0.1, 0.15) is 0 Å². The first kappa shape index (κ1) is 12.7. The van der Waals surface area contributed by atoms with Gasteiger partial charge in [0.15, 0.2) is 12.4 Å². The van der Waals surface area contributed by atoms with Crippen LogP contribution >= 0.6 is 0 Å². The molecule has 0 bridgehead atoms. The van der Waals surface area contributed by atoms with Crippen LogP contribution in [-0.4, -0.2) is 4.98 Å². The number of nitrogens with zero attached hydrogens (tertiary/aromatic N) is 2. The average molecular weight is 283 g/mol. The van der Waals surface area contributed by atoms with Crippen molar-refractivity contribution in [1.29, 1.82) is 0 Å². The fourth-order valence-electron chi connectivity index (χ4n) is 2.76. The maximum absolute atomic E-state index is 4.06. The van der Waals surface area contributed by atoms with E-state index >= 15 is 0 Å². The van der Waals surface area contributed by atoms with Crippen LogP contribution < -0.4 is 4.57 Å². The van der Waals surface area contributed by atoms with Gasteiger partial charge in [-0.05, 0) is 34.7 Å². The minimum Gasteiger partial charge on any atom is -0.265 e. The zero-order valence-corrected chi connectivity index (χ0v) is 12.1. The van der Waals surface area contributed by atoms with Gasteiger partial charge < -0.3 is 0 Å². The molecule has 0 saturated carbocycles. The highest BCUT2D eigenvalue weighted by Crippen LogP contribution is 2.20. The van der Waals surface area contributed by atoms with Crippen molar-refractivity contribution in [3.05, 3.63) is 91.5 Å². The molecule has 0 aliphatic carbocycles. The third kappa shape index (κ3) is 2.25. The van der Waals surface area contributed by atoms with Gasteiger partial charge >= 0.3 is 0 Å². The standard InChI is InChI=1S/C20H15N2/c1-2-6-19-18(4-1)5-3-7-20(19)22-14-10-17(11-15-22)16-8-12-21-13-9-16/h1-15H/q+1. The highest BCUT2D eigenvalue weighted by atomic mass is 14.9. The topological polar surface area (TPSA) is 16.8 Å². The van der Waals surface area contributed by atoms with Gasteiger partial charge in [0, 0.05) is 30.6 Å². The molecule has 0 aliphatic rings. The summed E-state index contributed by atoms with van der Waals surface area (Å²) in [5.41, 5.74) is 3.57. The summed E-state index contributed by atoms with van der Waals surface area (Å²) in [6, 6.07) is 23.2. The van der Waals surface area contributed by atoms with Crippen molar-refractivity contribution in [2.75, 3.05) is 0 Å². The summed E-state index contributed by atoms with van der Waals surface area (Å²) in [5.74, 6) is 0. The summed E-state index contributed by atoms with van der Waals surface area (Å²) in [4.78, 5) is 4.06. The van der Waals surface area contributed by atoms with Crippen LogP contribution in [0, 0.1) is 0 Å².